The van der Waals surface area contributed by atoms with Gasteiger partial charge < -0.3 is 5.32 Å². The number of halogens is 2. The predicted molar refractivity (Wildman–Crippen MR) is 67.7 cm³/mol. The van der Waals surface area contributed by atoms with Crippen molar-refractivity contribution < 1.29 is 9.18 Å². The van der Waals surface area contributed by atoms with Gasteiger partial charge in [-0.1, -0.05) is 25.4 Å². The van der Waals surface area contributed by atoms with Crippen LogP contribution in [0.15, 0.2) is 18.2 Å². The Bertz CT molecular complexity index is 482. The number of hydrogen-bond donors (Lipinski definition) is 1. The molecule has 1 N–H and O–H groups in total. The van der Waals surface area contributed by atoms with Crippen LogP contribution in [-0.2, 0) is 0 Å². The van der Waals surface area contributed by atoms with Gasteiger partial charge in [-0.15, -0.1) is 0 Å². The van der Waals surface area contributed by atoms with E-state index in [0.29, 0.717) is 12.3 Å². The van der Waals surface area contributed by atoms with Crippen LogP contribution in [0.4, 0.5) is 4.39 Å². The monoisotopic (exact) mass is 268 g/mol. The third kappa shape index (κ3) is 4.01. The van der Waals surface area contributed by atoms with Crippen LogP contribution in [-0.4, -0.2) is 11.9 Å². The van der Waals surface area contributed by atoms with Crippen LogP contribution in [0.25, 0.3) is 0 Å². The molecule has 0 saturated heterocycles. The van der Waals surface area contributed by atoms with Crippen molar-refractivity contribution in [2.75, 3.05) is 0 Å². The van der Waals surface area contributed by atoms with E-state index < -0.39 is 17.8 Å². The fraction of sp³-hybridized carbons (Fsp3) is 0.385. The number of nitrogens with zero attached hydrogens (tertiary/aromatic N) is 1. The van der Waals surface area contributed by atoms with Gasteiger partial charge in [-0.05, 0) is 30.5 Å². The van der Waals surface area contributed by atoms with Crippen molar-refractivity contribution in [2.45, 2.75) is 26.3 Å². The molecule has 0 radical (unpaired) electrons. The molecule has 1 aromatic rings. The maximum Gasteiger partial charge on any atom is 0.253 e. The Morgan fingerprint density at radius 1 is 1.56 bits per heavy atom. The Hall–Kier alpha value is -1.60. The fourth-order valence-electron chi connectivity index (χ4n) is 1.52. The van der Waals surface area contributed by atoms with Crippen LogP contribution in [0.2, 0.25) is 5.02 Å². The number of nitrogens with one attached hydrogen (secondary N) is 1. The first kappa shape index (κ1) is 14.5. The Kier molecular flexibility index (Phi) is 5.11. The first-order valence-corrected chi connectivity index (χ1v) is 5.97. The summed E-state index contributed by atoms with van der Waals surface area (Å²) in [5.41, 5.74) is 0.169. The summed E-state index contributed by atoms with van der Waals surface area (Å²) >= 11 is 5.77. The minimum absolute atomic E-state index is 0.0359. The first-order valence-electron chi connectivity index (χ1n) is 5.59. The summed E-state index contributed by atoms with van der Waals surface area (Å²) in [7, 11) is 0. The fourth-order valence-corrected chi connectivity index (χ4v) is 1.78. The molecule has 1 aromatic carbocycles. The molecule has 0 heterocycles. The van der Waals surface area contributed by atoms with E-state index in [0.717, 1.165) is 12.1 Å². The predicted octanol–water partition coefficient (Wildman–Crippen LogP) is 3.15. The highest BCUT2D eigenvalue weighted by Crippen LogP contribution is 2.17. The zero-order valence-electron chi connectivity index (χ0n) is 10.2. The van der Waals surface area contributed by atoms with E-state index in [1.54, 1.807) is 0 Å². The van der Waals surface area contributed by atoms with E-state index in [9.17, 15) is 9.18 Å². The van der Waals surface area contributed by atoms with Gasteiger partial charge in [0.2, 0.25) is 0 Å². The van der Waals surface area contributed by atoms with Gasteiger partial charge in [0, 0.05) is 0 Å². The summed E-state index contributed by atoms with van der Waals surface area (Å²) in [6.07, 6.45) is 0.557. The summed E-state index contributed by atoms with van der Waals surface area (Å²) < 4.78 is 12.8. The second-order valence-electron chi connectivity index (χ2n) is 4.41. The highest BCUT2D eigenvalue weighted by Gasteiger charge is 2.16. The zero-order chi connectivity index (χ0) is 13.7. The van der Waals surface area contributed by atoms with Crippen molar-refractivity contribution in [2.24, 2.45) is 5.92 Å². The molecule has 0 aromatic heterocycles. The number of carbonyl (C=O) groups is 1. The number of hydrogen-bond acceptors (Lipinski definition) is 2. The molecular formula is C13H14ClFN2O. The average Bonchev–Trinajstić information content (AvgIpc) is 2.27. The standard InChI is InChI=1S/C13H14ClFN2O/c1-8(2)5-10(7-16)17-13(18)11-4-3-9(15)6-12(11)14/h3-4,6,8,10H,5H2,1-2H3,(H,17,18)/t10-/m0/s1. The number of benzene rings is 1. The largest absolute Gasteiger partial charge is 0.336 e. The quantitative estimate of drug-likeness (QED) is 0.912. The summed E-state index contributed by atoms with van der Waals surface area (Å²) in [4.78, 5) is 11.9. The third-order valence-electron chi connectivity index (χ3n) is 2.34. The Labute approximate surface area is 111 Å². The maximum atomic E-state index is 12.8. The lowest BCUT2D eigenvalue weighted by molar-refractivity contribution is 0.0942. The lowest BCUT2D eigenvalue weighted by atomic mass is 10.0. The minimum atomic E-state index is -0.571. The molecule has 0 bridgehead atoms. The lowest BCUT2D eigenvalue weighted by Crippen LogP contribution is -2.34. The molecule has 0 unspecified atom stereocenters. The number of amides is 1. The smallest absolute Gasteiger partial charge is 0.253 e. The number of carbonyl (C=O) groups excluding carboxylic acids is 1. The summed E-state index contributed by atoms with van der Waals surface area (Å²) in [6.45, 7) is 3.92. The molecule has 5 heteroatoms. The van der Waals surface area contributed by atoms with Crippen LogP contribution in [0.3, 0.4) is 0 Å². The molecule has 3 nitrogen and oxygen atoms in total. The molecule has 96 valence electrons. The second-order valence-corrected chi connectivity index (χ2v) is 4.82. The highest BCUT2D eigenvalue weighted by molar-refractivity contribution is 6.33. The van der Waals surface area contributed by atoms with Gasteiger partial charge in [0.25, 0.3) is 5.91 Å². The van der Waals surface area contributed by atoms with Crippen molar-refractivity contribution in [3.8, 4) is 6.07 Å². The molecule has 0 spiro atoms. The van der Waals surface area contributed by atoms with Gasteiger partial charge in [-0.3, -0.25) is 4.79 Å². The highest BCUT2D eigenvalue weighted by atomic mass is 35.5. The van der Waals surface area contributed by atoms with Crippen molar-refractivity contribution in [3.05, 3.63) is 34.6 Å². The van der Waals surface area contributed by atoms with Gasteiger partial charge >= 0.3 is 0 Å². The Morgan fingerprint density at radius 3 is 2.72 bits per heavy atom. The van der Waals surface area contributed by atoms with Crippen molar-refractivity contribution in [1.29, 1.82) is 5.26 Å². The topological polar surface area (TPSA) is 52.9 Å². The molecule has 18 heavy (non-hydrogen) atoms. The average molecular weight is 269 g/mol. The van der Waals surface area contributed by atoms with E-state index in [-0.39, 0.29) is 10.6 Å². The molecule has 0 aliphatic heterocycles. The van der Waals surface area contributed by atoms with Crippen LogP contribution in [0, 0.1) is 23.1 Å². The normalized spacial score (nSPS) is 12.0. The van der Waals surface area contributed by atoms with E-state index >= 15 is 0 Å². The summed E-state index contributed by atoms with van der Waals surface area (Å²) in [5.74, 6) is -0.679. The Morgan fingerprint density at radius 2 is 2.22 bits per heavy atom. The van der Waals surface area contributed by atoms with Crippen LogP contribution in [0.1, 0.15) is 30.6 Å². The number of rotatable bonds is 4. The van der Waals surface area contributed by atoms with Crippen LogP contribution < -0.4 is 5.32 Å². The molecular weight excluding hydrogens is 255 g/mol. The third-order valence-corrected chi connectivity index (χ3v) is 2.66. The maximum absolute atomic E-state index is 12.8. The van der Waals surface area contributed by atoms with Gasteiger partial charge in [0.1, 0.15) is 11.9 Å². The molecule has 0 saturated carbocycles. The second kappa shape index (κ2) is 6.36. The van der Waals surface area contributed by atoms with Gasteiger partial charge in [0.05, 0.1) is 16.7 Å². The van der Waals surface area contributed by atoms with E-state index in [1.807, 2.05) is 19.9 Å². The lowest BCUT2D eigenvalue weighted by Gasteiger charge is -2.14. The van der Waals surface area contributed by atoms with Gasteiger partial charge in [0.15, 0.2) is 0 Å². The van der Waals surface area contributed by atoms with E-state index in [4.69, 9.17) is 16.9 Å². The molecule has 0 aliphatic rings. The van der Waals surface area contributed by atoms with Crippen LogP contribution in [0.5, 0.6) is 0 Å². The molecule has 0 fully saturated rings. The van der Waals surface area contributed by atoms with Crippen molar-refractivity contribution in [1.82, 2.24) is 5.32 Å². The van der Waals surface area contributed by atoms with Gasteiger partial charge in [-0.2, -0.15) is 5.26 Å². The summed E-state index contributed by atoms with van der Waals surface area (Å²) in [6, 6.07) is 4.97. The van der Waals surface area contributed by atoms with Crippen LogP contribution >= 0.6 is 11.6 Å². The SMILES string of the molecule is CC(C)C[C@@H](C#N)NC(=O)c1ccc(F)cc1Cl. The zero-order valence-corrected chi connectivity index (χ0v) is 11.0. The number of nitriles is 1. The first-order chi connectivity index (χ1) is 8.43. The Balaban J connectivity index is 2.79. The molecule has 0 aliphatic carbocycles. The molecule has 1 amide bonds. The van der Waals surface area contributed by atoms with Crippen molar-refractivity contribution >= 4 is 17.5 Å². The van der Waals surface area contributed by atoms with Crippen molar-refractivity contribution in [3.63, 3.8) is 0 Å². The van der Waals surface area contributed by atoms with E-state index in [2.05, 4.69) is 5.32 Å². The molecule has 1 rings (SSSR count). The minimum Gasteiger partial charge on any atom is -0.336 e. The van der Waals surface area contributed by atoms with E-state index in [1.165, 1.54) is 6.07 Å². The van der Waals surface area contributed by atoms with Gasteiger partial charge in [-0.25, -0.2) is 4.39 Å². The molecule has 1 atom stereocenters. The summed E-state index contributed by atoms with van der Waals surface area (Å²) in [5, 5.41) is 11.5.